The van der Waals surface area contributed by atoms with Crippen LogP contribution in [0.1, 0.15) is 22.3 Å². The van der Waals surface area contributed by atoms with E-state index in [2.05, 4.69) is 26.5 Å². The number of hydrazone groups is 1. The van der Waals surface area contributed by atoms with E-state index < -0.39 is 0 Å². The quantitative estimate of drug-likeness (QED) is 0.367. The summed E-state index contributed by atoms with van der Waals surface area (Å²) in [5, 5.41) is 3.98. The lowest BCUT2D eigenvalue weighted by Crippen LogP contribution is -2.24. The lowest BCUT2D eigenvalue weighted by molar-refractivity contribution is -0.123. The smallest absolute Gasteiger partial charge is 0.277 e. The third-order valence-electron chi connectivity index (χ3n) is 4.25. The van der Waals surface area contributed by atoms with Gasteiger partial charge in [0.15, 0.2) is 6.61 Å². The molecule has 0 aliphatic heterocycles. The van der Waals surface area contributed by atoms with Crippen LogP contribution >= 0.6 is 15.9 Å². The Morgan fingerprint density at radius 3 is 2.47 bits per heavy atom. The van der Waals surface area contributed by atoms with Gasteiger partial charge in [0.05, 0.1) is 10.7 Å². The molecule has 0 radical (unpaired) electrons. The number of nitrogens with zero attached hydrogens (tertiary/aromatic N) is 1. The number of amides is 1. The first-order chi connectivity index (χ1) is 14.5. The van der Waals surface area contributed by atoms with Gasteiger partial charge in [-0.1, -0.05) is 36.4 Å². The van der Waals surface area contributed by atoms with Gasteiger partial charge in [-0.15, -0.1) is 0 Å². The SMILES string of the molecule is Cc1cc(C)c(OCC(=O)N/N=C\c2ccc(OCc3ccccc3)cc2)c(Br)c1. The van der Waals surface area contributed by atoms with Crippen LogP contribution in [0.25, 0.3) is 0 Å². The fourth-order valence-corrected chi connectivity index (χ4v) is 3.61. The fraction of sp³-hybridized carbons (Fsp3) is 0.167. The van der Waals surface area contributed by atoms with Crippen molar-refractivity contribution in [3.63, 3.8) is 0 Å². The summed E-state index contributed by atoms with van der Waals surface area (Å²) in [7, 11) is 0. The van der Waals surface area contributed by atoms with E-state index in [1.165, 1.54) is 0 Å². The number of nitrogens with one attached hydrogen (secondary N) is 1. The molecule has 3 rings (SSSR count). The molecule has 0 spiro atoms. The number of aryl methyl sites for hydroxylation is 2. The molecule has 0 aliphatic rings. The molecular weight excluding hydrogens is 444 g/mol. The maximum absolute atomic E-state index is 12.0. The first kappa shape index (κ1) is 21.6. The summed E-state index contributed by atoms with van der Waals surface area (Å²) >= 11 is 3.46. The van der Waals surface area contributed by atoms with Crippen LogP contribution in [0.15, 0.2) is 76.3 Å². The molecular formula is C24H23BrN2O3. The third kappa shape index (κ3) is 6.46. The van der Waals surface area contributed by atoms with Gasteiger partial charge in [0.25, 0.3) is 5.91 Å². The van der Waals surface area contributed by atoms with Crippen LogP contribution in [0, 0.1) is 13.8 Å². The summed E-state index contributed by atoms with van der Waals surface area (Å²) in [5.74, 6) is 1.10. The Hall–Kier alpha value is -3.12. The molecule has 0 saturated carbocycles. The summed E-state index contributed by atoms with van der Waals surface area (Å²) in [6.07, 6.45) is 1.58. The molecule has 0 heterocycles. The number of hydrogen-bond acceptors (Lipinski definition) is 4. The zero-order valence-corrected chi connectivity index (χ0v) is 18.5. The van der Waals surface area contributed by atoms with Gasteiger partial charge in [0.2, 0.25) is 0 Å². The summed E-state index contributed by atoms with van der Waals surface area (Å²) in [4.78, 5) is 12.0. The third-order valence-corrected chi connectivity index (χ3v) is 4.84. The lowest BCUT2D eigenvalue weighted by atomic mass is 10.1. The molecule has 154 valence electrons. The molecule has 1 amide bonds. The molecule has 5 nitrogen and oxygen atoms in total. The van der Waals surface area contributed by atoms with E-state index in [0.29, 0.717) is 12.4 Å². The van der Waals surface area contributed by atoms with Crippen molar-refractivity contribution in [3.8, 4) is 11.5 Å². The van der Waals surface area contributed by atoms with Crippen molar-refractivity contribution in [2.75, 3.05) is 6.61 Å². The Labute approximate surface area is 184 Å². The second-order valence-electron chi connectivity index (χ2n) is 6.82. The van der Waals surface area contributed by atoms with Gasteiger partial charge in [0, 0.05) is 0 Å². The molecule has 30 heavy (non-hydrogen) atoms. The van der Waals surface area contributed by atoms with Gasteiger partial charge in [-0.2, -0.15) is 5.10 Å². The maximum Gasteiger partial charge on any atom is 0.277 e. The number of ether oxygens (including phenoxy) is 2. The first-order valence-electron chi connectivity index (χ1n) is 9.49. The Bertz CT molecular complexity index is 995. The number of hydrogen-bond donors (Lipinski definition) is 1. The van der Waals surface area contributed by atoms with Crippen LogP contribution in [-0.4, -0.2) is 18.7 Å². The minimum Gasteiger partial charge on any atom is -0.489 e. The van der Waals surface area contributed by atoms with Crippen LogP contribution in [0.3, 0.4) is 0 Å². The van der Waals surface area contributed by atoms with Crippen LogP contribution < -0.4 is 14.9 Å². The molecule has 0 aromatic heterocycles. The molecule has 0 bridgehead atoms. The predicted molar refractivity (Wildman–Crippen MR) is 122 cm³/mol. The second kappa shape index (κ2) is 10.6. The van der Waals surface area contributed by atoms with E-state index in [4.69, 9.17) is 9.47 Å². The highest BCUT2D eigenvalue weighted by molar-refractivity contribution is 9.10. The second-order valence-corrected chi connectivity index (χ2v) is 7.67. The molecule has 0 atom stereocenters. The zero-order valence-electron chi connectivity index (χ0n) is 16.9. The average Bonchev–Trinajstić information content (AvgIpc) is 2.73. The topological polar surface area (TPSA) is 59.9 Å². The minimum absolute atomic E-state index is 0.119. The zero-order chi connectivity index (χ0) is 21.3. The minimum atomic E-state index is -0.332. The summed E-state index contributed by atoms with van der Waals surface area (Å²) in [6.45, 7) is 4.34. The van der Waals surface area contributed by atoms with E-state index in [1.807, 2.05) is 80.6 Å². The van der Waals surface area contributed by atoms with Crippen LogP contribution in [0.5, 0.6) is 11.5 Å². The summed E-state index contributed by atoms with van der Waals surface area (Å²) in [6, 6.07) is 21.4. The summed E-state index contributed by atoms with van der Waals surface area (Å²) in [5.41, 5.74) is 6.52. The van der Waals surface area contributed by atoms with Gasteiger partial charge in [-0.25, -0.2) is 5.43 Å². The molecule has 0 fully saturated rings. The fourth-order valence-electron chi connectivity index (χ4n) is 2.83. The maximum atomic E-state index is 12.0. The highest BCUT2D eigenvalue weighted by atomic mass is 79.9. The Morgan fingerprint density at radius 1 is 1.03 bits per heavy atom. The monoisotopic (exact) mass is 466 g/mol. The number of benzene rings is 3. The summed E-state index contributed by atoms with van der Waals surface area (Å²) < 4.78 is 12.2. The normalized spacial score (nSPS) is 10.8. The molecule has 0 aliphatic carbocycles. The highest BCUT2D eigenvalue weighted by Gasteiger charge is 2.08. The van der Waals surface area contributed by atoms with Gasteiger partial charge in [0.1, 0.15) is 18.1 Å². The standard InChI is InChI=1S/C24H23BrN2O3/c1-17-12-18(2)24(22(25)13-17)30-16-23(28)27-26-14-19-8-10-21(11-9-19)29-15-20-6-4-3-5-7-20/h3-14H,15-16H2,1-2H3,(H,27,28)/b26-14-. The molecule has 0 saturated heterocycles. The number of carbonyl (C=O) groups is 1. The van der Waals surface area contributed by atoms with E-state index in [0.717, 1.165) is 32.5 Å². The van der Waals surface area contributed by atoms with Crippen molar-refractivity contribution >= 4 is 28.1 Å². The van der Waals surface area contributed by atoms with Crippen molar-refractivity contribution in [3.05, 3.63) is 93.5 Å². The van der Waals surface area contributed by atoms with Gasteiger partial charge in [-0.3, -0.25) is 4.79 Å². The first-order valence-corrected chi connectivity index (χ1v) is 10.3. The van der Waals surface area contributed by atoms with Crippen molar-refractivity contribution in [1.29, 1.82) is 0 Å². The van der Waals surface area contributed by atoms with Crippen molar-refractivity contribution in [2.24, 2.45) is 5.10 Å². The van der Waals surface area contributed by atoms with E-state index in [9.17, 15) is 4.79 Å². The van der Waals surface area contributed by atoms with E-state index in [1.54, 1.807) is 6.21 Å². The Morgan fingerprint density at radius 2 is 1.77 bits per heavy atom. The molecule has 3 aromatic carbocycles. The van der Waals surface area contributed by atoms with Gasteiger partial charge >= 0.3 is 0 Å². The lowest BCUT2D eigenvalue weighted by Gasteiger charge is -2.11. The van der Waals surface area contributed by atoms with E-state index in [-0.39, 0.29) is 12.5 Å². The molecule has 1 N–H and O–H groups in total. The van der Waals surface area contributed by atoms with Gasteiger partial charge < -0.3 is 9.47 Å². The number of halogens is 1. The highest BCUT2D eigenvalue weighted by Crippen LogP contribution is 2.30. The van der Waals surface area contributed by atoms with Gasteiger partial charge in [-0.05, 0) is 82.4 Å². The average molecular weight is 467 g/mol. The molecule has 3 aromatic rings. The van der Waals surface area contributed by atoms with Crippen molar-refractivity contribution in [1.82, 2.24) is 5.43 Å². The van der Waals surface area contributed by atoms with E-state index >= 15 is 0 Å². The molecule has 6 heteroatoms. The van der Waals surface area contributed by atoms with Crippen LogP contribution in [-0.2, 0) is 11.4 Å². The largest absolute Gasteiger partial charge is 0.489 e. The number of carbonyl (C=O) groups excluding carboxylic acids is 1. The van der Waals surface area contributed by atoms with Crippen molar-refractivity contribution in [2.45, 2.75) is 20.5 Å². The molecule has 0 unspecified atom stereocenters. The Kier molecular flexibility index (Phi) is 7.63. The number of rotatable bonds is 8. The van der Waals surface area contributed by atoms with Crippen molar-refractivity contribution < 1.29 is 14.3 Å². The Balaban J connectivity index is 1.45. The predicted octanol–water partition coefficient (Wildman–Crippen LogP) is 5.17. The van der Waals surface area contributed by atoms with Crippen LogP contribution in [0.4, 0.5) is 0 Å². The van der Waals surface area contributed by atoms with Crippen LogP contribution in [0.2, 0.25) is 0 Å².